The molecule has 3 rings (SSSR count). The fourth-order valence-electron chi connectivity index (χ4n) is 3.04. The smallest absolute Gasteiger partial charge is 0.262 e. The minimum absolute atomic E-state index is 0.0328. The van der Waals surface area contributed by atoms with Gasteiger partial charge in [0, 0.05) is 38.3 Å². The van der Waals surface area contributed by atoms with Gasteiger partial charge in [0.15, 0.2) is 5.03 Å². The minimum atomic E-state index is -3.45. The Morgan fingerprint density at radius 3 is 2.85 bits per heavy atom. The normalized spacial score (nSPS) is 25.6. The molecule has 0 bridgehead atoms. The second-order valence-electron chi connectivity index (χ2n) is 5.92. The highest BCUT2D eigenvalue weighted by Gasteiger charge is 2.35. The summed E-state index contributed by atoms with van der Waals surface area (Å²) in [7, 11) is -3.45. The molecule has 6 nitrogen and oxygen atoms in total. The maximum absolute atomic E-state index is 12.6. The summed E-state index contributed by atoms with van der Waals surface area (Å²) >= 11 is 0. The van der Waals surface area contributed by atoms with Crippen LogP contribution in [0.3, 0.4) is 0 Å². The zero-order valence-electron chi connectivity index (χ0n) is 11.8. The molecule has 20 heavy (non-hydrogen) atoms. The topological polar surface area (TPSA) is 81.2 Å². The molecule has 2 N–H and O–H groups in total. The molecule has 3 heterocycles. The Balaban J connectivity index is 1.83. The zero-order chi connectivity index (χ0) is 14.3. The van der Waals surface area contributed by atoms with Crippen molar-refractivity contribution in [1.82, 2.24) is 13.9 Å². The highest BCUT2D eigenvalue weighted by molar-refractivity contribution is 7.89. The Morgan fingerprint density at radius 2 is 2.20 bits per heavy atom. The maximum Gasteiger partial charge on any atom is 0.262 e. The van der Waals surface area contributed by atoms with Crippen molar-refractivity contribution in [2.45, 2.75) is 50.2 Å². The third-order valence-corrected chi connectivity index (χ3v) is 6.16. The summed E-state index contributed by atoms with van der Waals surface area (Å²) < 4.78 is 28.8. The minimum Gasteiger partial charge on any atom is -0.333 e. The van der Waals surface area contributed by atoms with Crippen LogP contribution in [-0.2, 0) is 23.0 Å². The van der Waals surface area contributed by atoms with E-state index in [1.54, 1.807) is 6.20 Å². The van der Waals surface area contributed by atoms with E-state index >= 15 is 0 Å². The third-order valence-electron chi connectivity index (χ3n) is 4.42. The molecule has 2 unspecified atom stereocenters. The first-order valence-corrected chi connectivity index (χ1v) is 8.74. The number of hydrogen-bond acceptors (Lipinski definition) is 4. The number of rotatable bonds is 3. The lowest BCUT2D eigenvalue weighted by atomic mass is 10.0. The van der Waals surface area contributed by atoms with Gasteiger partial charge in [0.25, 0.3) is 10.0 Å². The summed E-state index contributed by atoms with van der Waals surface area (Å²) in [6, 6.07) is 0.0328. The fourth-order valence-corrected chi connectivity index (χ4v) is 4.52. The largest absolute Gasteiger partial charge is 0.333 e. The van der Waals surface area contributed by atoms with Gasteiger partial charge < -0.3 is 10.3 Å². The van der Waals surface area contributed by atoms with Crippen LogP contribution in [0.25, 0.3) is 0 Å². The van der Waals surface area contributed by atoms with Crippen LogP contribution < -0.4 is 5.73 Å². The predicted octanol–water partition coefficient (Wildman–Crippen LogP) is 0.577. The molecule has 1 fully saturated rings. The van der Waals surface area contributed by atoms with Gasteiger partial charge in [0.2, 0.25) is 0 Å². The van der Waals surface area contributed by atoms with E-state index in [2.05, 4.69) is 4.98 Å². The monoisotopic (exact) mass is 298 g/mol. The highest BCUT2D eigenvalue weighted by atomic mass is 32.2. The van der Waals surface area contributed by atoms with E-state index < -0.39 is 10.0 Å². The van der Waals surface area contributed by atoms with Crippen molar-refractivity contribution in [2.75, 3.05) is 13.1 Å². The molecule has 112 valence electrons. The predicted molar refractivity (Wildman–Crippen MR) is 75.7 cm³/mol. The number of sulfonamides is 1. The Morgan fingerprint density at radius 1 is 1.40 bits per heavy atom. The molecule has 0 radical (unpaired) electrons. The van der Waals surface area contributed by atoms with Gasteiger partial charge in [0.1, 0.15) is 5.82 Å². The second-order valence-corrected chi connectivity index (χ2v) is 7.80. The molecule has 0 aliphatic carbocycles. The van der Waals surface area contributed by atoms with Crippen molar-refractivity contribution in [3.8, 4) is 0 Å². The van der Waals surface area contributed by atoms with Crippen LogP contribution in [0.1, 0.15) is 32.0 Å². The summed E-state index contributed by atoms with van der Waals surface area (Å²) in [5, 5.41) is 0.208. The lowest BCUT2D eigenvalue weighted by Crippen LogP contribution is -2.33. The summed E-state index contributed by atoms with van der Waals surface area (Å²) in [5.41, 5.74) is 5.88. The molecule has 0 spiro atoms. The third kappa shape index (κ3) is 2.38. The van der Waals surface area contributed by atoms with Gasteiger partial charge in [0.05, 0.1) is 0 Å². The van der Waals surface area contributed by atoms with Crippen molar-refractivity contribution in [1.29, 1.82) is 0 Å². The van der Waals surface area contributed by atoms with Crippen LogP contribution in [0.4, 0.5) is 0 Å². The average molecular weight is 298 g/mol. The lowest BCUT2D eigenvalue weighted by molar-refractivity contribution is 0.427. The summed E-state index contributed by atoms with van der Waals surface area (Å²) in [6.45, 7) is 3.88. The fraction of sp³-hybridized carbons (Fsp3) is 0.769. The number of hydrogen-bond donors (Lipinski definition) is 1. The molecular formula is C13H22N4O2S. The van der Waals surface area contributed by atoms with Crippen LogP contribution in [-0.4, -0.2) is 41.4 Å². The second kappa shape index (κ2) is 5.13. The van der Waals surface area contributed by atoms with E-state index in [1.165, 1.54) is 4.31 Å². The SMILES string of the molecule is CC(N)C1CCN(S(=O)(=O)c2cn3c(n2)CCCC3)C1. The summed E-state index contributed by atoms with van der Waals surface area (Å²) in [5.74, 6) is 1.15. The Hall–Kier alpha value is -0.920. The van der Waals surface area contributed by atoms with Crippen molar-refractivity contribution < 1.29 is 8.42 Å². The van der Waals surface area contributed by atoms with Crippen molar-refractivity contribution >= 4 is 10.0 Å². The quantitative estimate of drug-likeness (QED) is 0.885. The van der Waals surface area contributed by atoms with Gasteiger partial charge in [-0.1, -0.05) is 0 Å². The standard InChI is InChI=1S/C13H22N4O2S/c1-10(14)11-5-7-17(8-11)20(18,19)13-9-16-6-3-2-4-12(16)15-13/h9-11H,2-8,14H2,1H3. The van der Waals surface area contributed by atoms with Gasteiger partial charge >= 0.3 is 0 Å². The van der Waals surface area contributed by atoms with E-state index in [9.17, 15) is 8.42 Å². The molecule has 2 atom stereocenters. The zero-order valence-corrected chi connectivity index (χ0v) is 12.6. The van der Waals surface area contributed by atoms with E-state index in [1.807, 2.05) is 11.5 Å². The van der Waals surface area contributed by atoms with Gasteiger partial charge in [-0.2, -0.15) is 4.31 Å². The molecule has 7 heteroatoms. The molecule has 2 aliphatic heterocycles. The molecule has 0 amide bonds. The van der Waals surface area contributed by atoms with Gasteiger partial charge in [-0.25, -0.2) is 13.4 Å². The highest BCUT2D eigenvalue weighted by Crippen LogP contribution is 2.26. The van der Waals surface area contributed by atoms with Crippen molar-refractivity contribution in [3.05, 3.63) is 12.0 Å². The number of fused-ring (bicyclic) bond motifs is 1. The van der Waals surface area contributed by atoms with Crippen LogP contribution >= 0.6 is 0 Å². The molecule has 1 saturated heterocycles. The molecule has 0 aromatic carbocycles. The Labute approximate surface area is 120 Å². The van der Waals surface area contributed by atoms with Gasteiger partial charge in [-0.3, -0.25) is 0 Å². The number of nitrogens with zero attached hydrogens (tertiary/aromatic N) is 3. The maximum atomic E-state index is 12.6. The first kappa shape index (κ1) is 14.0. The van der Waals surface area contributed by atoms with E-state index in [0.29, 0.717) is 13.1 Å². The first-order valence-electron chi connectivity index (χ1n) is 7.30. The molecule has 2 aliphatic rings. The number of imidazole rings is 1. The van der Waals surface area contributed by atoms with E-state index in [0.717, 1.165) is 38.1 Å². The first-order chi connectivity index (χ1) is 9.48. The van der Waals surface area contributed by atoms with Crippen LogP contribution in [0.2, 0.25) is 0 Å². The van der Waals surface area contributed by atoms with Crippen molar-refractivity contribution in [2.24, 2.45) is 11.7 Å². The van der Waals surface area contributed by atoms with Gasteiger partial charge in [-0.15, -0.1) is 0 Å². The van der Waals surface area contributed by atoms with Crippen LogP contribution in [0.15, 0.2) is 11.2 Å². The Kier molecular flexibility index (Phi) is 3.60. The molecular weight excluding hydrogens is 276 g/mol. The molecule has 0 saturated carbocycles. The van der Waals surface area contributed by atoms with E-state index in [-0.39, 0.29) is 17.0 Å². The molecule has 1 aromatic heterocycles. The van der Waals surface area contributed by atoms with E-state index in [4.69, 9.17) is 5.73 Å². The Bertz CT molecular complexity index is 570. The van der Waals surface area contributed by atoms with Crippen LogP contribution in [0.5, 0.6) is 0 Å². The number of aryl methyl sites for hydroxylation is 2. The summed E-state index contributed by atoms with van der Waals surface area (Å²) in [6.07, 6.45) is 5.60. The number of aromatic nitrogens is 2. The van der Waals surface area contributed by atoms with Gasteiger partial charge in [-0.05, 0) is 32.1 Å². The molecule has 1 aromatic rings. The lowest BCUT2D eigenvalue weighted by Gasteiger charge is -2.16. The number of nitrogens with two attached hydrogens (primary N) is 1. The average Bonchev–Trinajstić information content (AvgIpc) is 3.06. The van der Waals surface area contributed by atoms with Crippen LogP contribution in [0, 0.1) is 5.92 Å². The summed E-state index contributed by atoms with van der Waals surface area (Å²) in [4.78, 5) is 4.34. The van der Waals surface area contributed by atoms with Crippen molar-refractivity contribution in [3.63, 3.8) is 0 Å².